The quantitative estimate of drug-likeness (QED) is 0.723. The molecular formula is C23H21ClN2O5. The molecule has 3 aliphatic heterocycles. The Labute approximate surface area is 184 Å². The number of para-hydroxylation sites is 1. The Kier molecular flexibility index (Phi) is 4.48. The zero-order valence-electron chi connectivity index (χ0n) is 17.1. The van der Waals surface area contributed by atoms with Gasteiger partial charge in [0, 0.05) is 16.5 Å². The first-order valence-corrected chi connectivity index (χ1v) is 10.6. The summed E-state index contributed by atoms with van der Waals surface area (Å²) < 4.78 is 11.3. The lowest BCUT2D eigenvalue weighted by Crippen LogP contribution is -2.57. The third kappa shape index (κ3) is 2.69. The normalized spacial score (nSPS) is 28.4. The third-order valence-corrected chi connectivity index (χ3v) is 6.80. The first-order chi connectivity index (χ1) is 14.9. The van der Waals surface area contributed by atoms with Crippen LogP contribution in [0.4, 0.5) is 5.69 Å². The van der Waals surface area contributed by atoms with E-state index in [9.17, 15) is 14.4 Å². The Balaban J connectivity index is 1.76. The molecule has 0 aliphatic carbocycles. The molecular weight excluding hydrogens is 420 g/mol. The van der Waals surface area contributed by atoms with E-state index < -0.39 is 35.3 Å². The van der Waals surface area contributed by atoms with Crippen LogP contribution in [0.1, 0.15) is 35.8 Å². The van der Waals surface area contributed by atoms with Gasteiger partial charge in [-0.2, -0.15) is 0 Å². The largest absolute Gasteiger partial charge is 0.493 e. The van der Waals surface area contributed by atoms with E-state index in [0.29, 0.717) is 27.6 Å². The van der Waals surface area contributed by atoms with Crippen LogP contribution in [-0.4, -0.2) is 41.4 Å². The van der Waals surface area contributed by atoms with Gasteiger partial charge in [-0.15, -0.1) is 0 Å². The number of anilines is 1. The number of ether oxygens (including phenoxy) is 2. The minimum Gasteiger partial charge on any atom is -0.493 e. The van der Waals surface area contributed by atoms with Gasteiger partial charge in [0.1, 0.15) is 11.3 Å². The van der Waals surface area contributed by atoms with Crippen LogP contribution in [0.25, 0.3) is 0 Å². The number of nitrogens with zero attached hydrogens (tertiary/aromatic N) is 1. The van der Waals surface area contributed by atoms with E-state index in [4.69, 9.17) is 21.1 Å². The fourth-order valence-corrected chi connectivity index (χ4v) is 5.42. The molecule has 31 heavy (non-hydrogen) atoms. The number of benzene rings is 2. The van der Waals surface area contributed by atoms with Gasteiger partial charge in [-0.1, -0.05) is 23.7 Å². The Bertz CT molecular complexity index is 1120. The number of rotatable bonds is 2. The molecule has 3 unspecified atom stereocenters. The number of fused-ring (bicyclic) bond motifs is 6. The number of nitrogens with one attached hydrogen (secondary N) is 1. The molecule has 3 heterocycles. The SMILES string of the molecule is CCOC(=O)C1C2COc3ccc(Cl)cc3C2N2C(=O)c3ccccc3NC(=O)[C@@]12C. The van der Waals surface area contributed by atoms with Crippen molar-refractivity contribution >= 4 is 35.1 Å². The lowest BCUT2D eigenvalue weighted by molar-refractivity contribution is -0.155. The van der Waals surface area contributed by atoms with Crippen molar-refractivity contribution < 1.29 is 23.9 Å². The average molecular weight is 441 g/mol. The molecule has 0 spiro atoms. The first kappa shape index (κ1) is 19.9. The highest BCUT2D eigenvalue weighted by Crippen LogP contribution is 2.57. The number of amides is 2. The third-order valence-electron chi connectivity index (χ3n) is 6.56. The Morgan fingerprint density at radius 2 is 2.06 bits per heavy atom. The van der Waals surface area contributed by atoms with Crippen LogP contribution in [0.2, 0.25) is 5.02 Å². The van der Waals surface area contributed by atoms with Crippen molar-refractivity contribution in [2.75, 3.05) is 18.5 Å². The number of hydrogen-bond acceptors (Lipinski definition) is 5. The van der Waals surface area contributed by atoms with E-state index >= 15 is 0 Å². The number of carbonyl (C=O) groups excluding carboxylic acids is 3. The molecule has 0 radical (unpaired) electrons. The van der Waals surface area contributed by atoms with Crippen LogP contribution in [0, 0.1) is 11.8 Å². The topological polar surface area (TPSA) is 84.9 Å². The summed E-state index contributed by atoms with van der Waals surface area (Å²) in [6.45, 7) is 3.69. The van der Waals surface area contributed by atoms with Crippen molar-refractivity contribution in [3.05, 3.63) is 58.6 Å². The van der Waals surface area contributed by atoms with Crippen molar-refractivity contribution in [2.45, 2.75) is 25.4 Å². The van der Waals surface area contributed by atoms with Gasteiger partial charge in [-0.25, -0.2) is 0 Å². The summed E-state index contributed by atoms with van der Waals surface area (Å²) in [5.74, 6) is -2.06. The van der Waals surface area contributed by atoms with Crippen molar-refractivity contribution in [3.8, 4) is 5.75 Å². The maximum absolute atomic E-state index is 13.9. The maximum Gasteiger partial charge on any atom is 0.312 e. The van der Waals surface area contributed by atoms with E-state index in [1.165, 1.54) is 4.90 Å². The molecule has 0 bridgehead atoms. The summed E-state index contributed by atoms with van der Waals surface area (Å²) in [6, 6.07) is 11.5. The van der Waals surface area contributed by atoms with Gasteiger partial charge >= 0.3 is 5.97 Å². The minimum absolute atomic E-state index is 0.169. The molecule has 1 saturated heterocycles. The van der Waals surface area contributed by atoms with Gasteiger partial charge in [0.15, 0.2) is 0 Å². The molecule has 7 nitrogen and oxygen atoms in total. The highest BCUT2D eigenvalue weighted by Gasteiger charge is 2.67. The first-order valence-electron chi connectivity index (χ1n) is 10.2. The molecule has 160 valence electrons. The number of carbonyl (C=O) groups is 3. The van der Waals surface area contributed by atoms with Crippen molar-refractivity contribution in [2.24, 2.45) is 11.8 Å². The van der Waals surface area contributed by atoms with Crippen LogP contribution in [0.15, 0.2) is 42.5 Å². The predicted octanol–water partition coefficient (Wildman–Crippen LogP) is 3.44. The summed E-state index contributed by atoms with van der Waals surface area (Å²) >= 11 is 6.27. The van der Waals surface area contributed by atoms with Crippen LogP contribution in [0.5, 0.6) is 5.75 Å². The molecule has 5 rings (SSSR count). The van der Waals surface area contributed by atoms with E-state index in [1.807, 2.05) is 0 Å². The molecule has 2 amide bonds. The van der Waals surface area contributed by atoms with Gasteiger partial charge in [-0.05, 0) is 44.2 Å². The van der Waals surface area contributed by atoms with Gasteiger partial charge < -0.3 is 19.7 Å². The average Bonchev–Trinajstić information content (AvgIpc) is 2.99. The predicted molar refractivity (Wildman–Crippen MR) is 113 cm³/mol. The van der Waals surface area contributed by atoms with Crippen LogP contribution >= 0.6 is 11.6 Å². The molecule has 2 aromatic carbocycles. The van der Waals surface area contributed by atoms with Crippen molar-refractivity contribution in [3.63, 3.8) is 0 Å². The van der Waals surface area contributed by atoms with E-state index in [-0.39, 0.29) is 19.1 Å². The summed E-state index contributed by atoms with van der Waals surface area (Å²) in [7, 11) is 0. The molecule has 0 aromatic heterocycles. The summed E-state index contributed by atoms with van der Waals surface area (Å²) in [4.78, 5) is 42.1. The molecule has 0 saturated carbocycles. The molecule has 3 aliphatic rings. The Morgan fingerprint density at radius 3 is 2.84 bits per heavy atom. The van der Waals surface area contributed by atoms with E-state index in [1.54, 1.807) is 56.3 Å². The van der Waals surface area contributed by atoms with Crippen LogP contribution < -0.4 is 10.1 Å². The fraction of sp³-hybridized carbons (Fsp3) is 0.348. The maximum atomic E-state index is 13.9. The van der Waals surface area contributed by atoms with Gasteiger partial charge in [-0.3, -0.25) is 14.4 Å². The lowest BCUT2D eigenvalue weighted by Gasteiger charge is -2.38. The van der Waals surface area contributed by atoms with Crippen LogP contribution in [-0.2, 0) is 14.3 Å². The number of esters is 1. The minimum atomic E-state index is -1.47. The van der Waals surface area contributed by atoms with Crippen molar-refractivity contribution in [1.82, 2.24) is 4.90 Å². The summed E-state index contributed by atoms with van der Waals surface area (Å²) in [5.41, 5.74) is 0.0104. The molecule has 8 heteroatoms. The smallest absolute Gasteiger partial charge is 0.312 e. The molecule has 2 aromatic rings. The fourth-order valence-electron chi connectivity index (χ4n) is 5.24. The monoisotopic (exact) mass is 440 g/mol. The second-order valence-electron chi connectivity index (χ2n) is 8.15. The number of halogens is 1. The van der Waals surface area contributed by atoms with E-state index in [0.717, 1.165) is 0 Å². The standard InChI is InChI=1S/C23H21ClN2O5/c1-3-30-21(28)18-15-11-31-17-9-8-12(24)10-14(17)19(15)26-20(27)13-6-4-5-7-16(13)25-22(29)23(18,26)2/h4-10,15,18-19H,3,11H2,1-2H3,(H,25,29)/t15?,18?,19?,23-/m1/s1. The Hall–Kier alpha value is -3.06. The van der Waals surface area contributed by atoms with Gasteiger partial charge in [0.05, 0.1) is 36.4 Å². The zero-order valence-corrected chi connectivity index (χ0v) is 17.8. The Morgan fingerprint density at radius 1 is 1.29 bits per heavy atom. The number of hydrogen-bond donors (Lipinski definition) is 1. The molecule has 1 N–H and O–H groups in total. The van der Waals surface area contributed by atoms with Crippen LogP contribution in [0.3, 0.4) is 0 Å². The second-order valence-corrected chi connectivity index (χ2v) is 8.59. The highest BCUT2D eigenvalue weighted by molar-refractivity contribution is 6.30. The lowest BCUT2D eigenvalue weighted by atomic mass is 9.77. The summed E-state index contributed by atoms with van der Waals surface area (Å²) in [5, 5.41) is 3.34. The highest BCUT2D eigenvalue weighted by atomic mass is 35.5. The molecule has 1 fully saturated rings. The zero-order chi connectivity index (χ0) is 21.9. The summed E-state index contributed by atoms with van der Waals surface area (Å²) in [6.07, 6.45) is 0. The molecule has 4 atom stereocenters. The van der Waals surface area contributed by atoms with Crippen molar-refractivity contribution in [1.29, 1.82) is 0 Å². The van der Waals surface area contributed by atoms with Gasteiger partial charge in [0.25, 0.3) is 11.8 Å². The van der Waals surface area contributed by atoms with Gasteiger partial charge in [0.2, 0.25) is 0 Å². The second kappa shape index (κ2) is 6.99. The van der Waals surface area contributed by atoms with E-state index in [2.05, 4.69) is 5.32 Å².